The van der Waals surface area contributed by atoms with Gasteiger partial charge in [0.1, 0.15) is 11.5 Å². The molecule has 0 unspecified atom stereocenters. The Hall–Kier alpha value is -1.95. The molecular weight excluding hydrogens is 317 g/mol. The van der Waals surface area contributed by atoms with E-state index in [1.54, 1.807) is 0 Å². The molecule has 1 aromatic heterocycles. The maximum absolute atomic E-state index is 13.2. The number of carboxylic acids is 1. The van der Waals surface area contributed by atoms with Crippen molar-refractivity contribution in [3.63, 3.8) is 0 Å². The van der Waals surface area contributed by atoms with Gasteiger partial charge in [0.05, 0.1) is 0 Å². The van der Waals surface area contributed by atoms with Crippen LogP contribution in [0.15, 0.2) is 34.9 Å². The van der Waals surface area contributed by atoms with E-state index in [2.05, 4.69) is 15.9 Å². The number of rotatable bonds is 3. The van der Waals surface area contributed by atoms with Crippen molar-refractivity contribution in [1.29, 1.82) is 0 Å². The van der Waals surface area contributed by atoms with E-state index in [0.29, 0.717) is 4.47 Å². The van der Waals surface area contributed by atoms with E-state index in [4.69, 9.17) is 5.11 Å². The Balaban J connectivity index is 2.47. The maximum atomic E-state index is 13.2. The zero-order valence-corrected chi connectivity index (χ0v) is 11.4. The lowest BCUT2D eigenvalue weighted by Gasteiger charge is -2.01. The van der Waals surface area contributed by atoms with Gasteiger partial charge < -0.3 is 9.67 Å². The topological polar surface area (TPSA) is 59.3 Å². The van der Waals surface area contributed by atoms with Crippen molar-refractivity contribution in [1.82, 2.24) is 4.57 Å². The summed E-state index contributed by atoms with van der Waals surface area (Å²) < 4.78 is 15.0. The average Bonchev–Trinajstić information content (AvgIpc) is 2.74. The number of aromatic carboxylic acids is 1. The molecule has 4 nitrogen and oxygen atoms in total. The van der Waals surface area contributed by atoms with Gasteiger partial charge in [-0.1, -0.05) is 15.9 Å². The van der Waals surface area contributed by atoms with Crippen LogP contribution in [0.4, 0.5) is 4.39 Å². The van der Waals surface area contributed by atoms with Crippen molar-refractivity contribution < 1.29 is 19.1 Å². The molecule has 1 heterocycles. The van der Waals surface area contributed by atoms with Crippen LogP contribution in [0.1, 0.15) is 26.4 Å². The van der Waals surface area contributed by atoms with E-state index in [1.165, 1.54) is 36.0 Å². The van der Waals surface area contributed by atoms with Crippen LogP contribution in [-0.4, -0.2) is 21.4 Å². The zero-order chi connectivity index (χ0) is 14.2. The number of nitrogens with zero attached hydrogens (tertiary/aromatic N) is 1. The van der Waals surface area contributed by atoms with Gasteiger partial charge in [-0.15, -0.1) is 0 Å². The molecular formula is C13H9BrFNO3. The lowest BCUT2D eigenvalue weighted by Crippen LogP contribution is -2.02. The summed E-state index contributed by atoms with van der Waals surface area (Å²) in [4.78, 5) is 23.1. The fraction of sp³-hybridized carbons (Fsp3) is 0.0769. The van der Waals surface area contributed by atoms with E-state index in [9.17, 15) is 14.0 Å². The first-order valence-electron chi connectivity index (χ1n) is 5.29. The molecule has 0 radical (unpaired) electrons. The molecule has 0 saturated carbocycles. The Kier molecular flexibility index (Phi) is 3.53. The van der Waals surface area contributed by atoms with E-state index in [-0.39, 0.29) is 16.8 Å². The highest BCUT2D eigenvalue weighted by Gasteiger charge is 2.18. The first-order valence-corrected chi connectivity index (χ1v) is 6.09. The third-order valence-electron chi connectivity index (χ3n) is 2.66. The molecule has 19 heavy (non-hydrogen) atoms. The Morgan fingerprint density at radius 1 is 1.32 bits per heavy atom. The van der Waals surface area contributed by atoms with Crippen molar-refractivity contribution in [2.24, 2.45) is 7.05 Å². The molecule has 1 aromatic carbocycles. The summed E-state index contributed by atoms with van der Waals surface area (Å²) in [6, 6.07) is 5.04. The van der Waals surface area contributed by atoms with Gasteiger partial charge in [0.25, 0.3) is 0 Å². The largest absolute Gasteiger partial charge is 0.477 e. The number of hydrogen-bond acceptors (Lipinski definition) is 2. The van der Waals surface area contributed by atoms with Crippen LogP contribution in [0.3, 0.4) is 0 Å². The van der Waals surface area contributed by atoms with Crippen molar-refractivity contribution in [3.05, 3.63) is 57.6 Å². The van der Waals surface area contributed by atoms with Gasteiger partial charge in [-0.25, -0.2) is 9.18 Å². The highest BCUT2D eigenvalue weighted by molar-refractivity contribution is 9.10. The van der Waals surface area contributed by atoms with E-state index < -0.39 is 17.6 Å². The number of aryl methyl sites for hydroxylation is 1. The molecule has 0 aliphatic heterocycles. The third-order valence-corrected chi connectivity index (χ3v) is 3.35. The van der Waals surface area contributed by atoms with Gasteiger partial charge >= 0.3 is 5.97 Å². The summed E-state index contributed by atoms with van der Waals surface area (Å²) >= 11 is 3.17. The minimum Gasteiger partial charge on any atom is -0.477 e. The van der Waals surface area contributed by atoms with Gasteiger partial charge in [-0.3, -0.25) is 4.79 Å². The molecule has 0 aliphatic rings. The molecule has 0 saturated heterocycles. The third kappa shape index (κ3) is 2.58. The van der Waals surface area contributed by atoms with Crippen LogP contribution >= 0.6 is 15.9 Å². The number of hydrogen-bond donors (Lipinski definition) is 1. The second kappa shape index (κ2) is 4.97. The van der Waals surface area contributed by atoms with Crippen LogP contribution in [0.2, 0.25) is 0 Å². The van der Waals surface area contributed by atoms with E-state index in [0.717, 1.165) is 6.07 Å². The van der Waals surface area contributed by atoms with E-state index >= 15 is 0 Å². The summed E-state index contributed by atoms with van der Waals surface area (Å²) in [5.74, 6) is -2.09. The summed E-state index contributed by atoms with van der Waals surface area (Å²) in [5.41, 5.74) is 0.351. The lowest BCUT2D eigenvalue weighted by atomic mass is 10.1. The molecule has 0 amide bonds. The Bertz CT molecular complexity index is 679. The Morgan fingerprint density at radius 2 is 2.00 bits per heavy atom. The summed E-state index contributed by atoms with van der Waals surface area (Å²) in [6.07, 6.45) is 1.41. The zero-order valence-electron chi connectivity index (χ0n) is 9.85. The van der Waals surface area contributed by atoms with Crippen molar-refractivity contribution in [3.8, 4) is 0 Å². The minimum atomic E-state index is -1.13. The maximum Gasteiger partial charge on any atom is 0.352 e. The number of benzene rings is 1. The second-order valence-corrected chi connectivity index (χ2v) is 4.84. The first kappa shape index (κ1) is 13.5. The standard InChI is InChI=1S/C13H9BrFNO3/c1-16-6-7(4-11(16)13(18)19)12(17)9-5-8(15)2-3-10(9)14/h2-6H,1H3,(H,18,19). The van der Waals surface area contributed by atoms with Gasteiger partial charge in [-0.05, 0) is 24.3 Å². The number of carbonyl (C=O) groups is 2. The molecule has 0 aliphatic carbocycles. The van der Waals surface area contributed by atoms with Gasteiger partial charge in [0.15, 0.2) is 5.78 Å². The SMILES string of the molecule is Cn1cc(C(=O)c2cc(F)ccc2Br)cc1C(=O)O. The highest BCUT2D eigenvalue weighted by Crippen LogP contribution is 2.22. The van der Waals surface area contributed by atoms with Gasteiger partial charge in [0, 0.05) is 28.8 Å². The molecule has 6 heteroatoms. The minimum absolute atomic E-state index is 0.00382. The average molecular weight is 326 g/mol. The molecule has 98 valence electrons. The van der Waals surface area contributed by atoms with Crippen molar-refractivity contribution in [2.45, 2.75) is 0 Å². The first-order chi connectivity index (χ1) is 8.90. The molecule has 2 aromatic rings. The number of aromatic nitrogens is 1. The number of ketones is 1. The fourth-order valence-electron chi connectivity index (χ4n) is 1.73. The summed E-state index contributed by atoms with van der Waals surface area (Å²) in [6.45, 7) is 0. The molecule has 0 atom stereocenters. The smallest absolute Gasteiger partial charge is 0.352 e. The molecule has 0 spiro atoms. The van der Waals surface area contributed by atoms with Crippen molar-refractivity contribution >= 4 is 27.7 Å². The van der Waals surface area contributed by atoms with Crippen LogP contribution in [0.5, 0.6) is 0 Å². The number of carbonyl (C=O) groups excluding carboxylic acids is 1. The van der Waals surface area contributed by atoms with Gasteiger partial charge in [-0.2, -0.15) is 0 Å². The predicted molar refractivity (Wildman–Crippen MR) is 69.9 cm³/mol. The van der Waals surface area contributed by atoms with E-state index in [1.807, 2.05) is 0 Å². The Morgan fingerprint density at radius 3 is 2.58 bits per heavy atom. The van der Waals surface area contributed by atoms with Crippen LogP contribution in [0.25, 0.3) is 0 Å². The monoisotopic (exact) mass is 325 g/mol. The van der Waals surface area contributed by atoms with Crippen molar-refractivity contribution in [2.75, 3.05) is 0 Å². The fourth-order valence-corrected chi connectivity index (χ4v) is 2.16. The van der Waals surface area contributed by atoms with Crippen LogP contribution in [0, 0.1) is 5.82 Å². The second-order valence-electron chi connectivity index (χ2n) is 3.98. The van der Waals surface area contributed by atoms with Gasteiger partial charge in [0.2, 0.25) is 0 Å². The molecule has 0 bridgehead atoms. The number of halogens is 2. The van der Waals surface area contributed by atoms with Crippen LogP contribution < -0.4 is 0 Å². The lowest BCUT2D eigenvalue weighted by molar-refractivity contribution is 0.0686. The highest BCUT2D eigenvalue weighted by atomic mass is 79.9. The Labute approximate surface area is 116 Å². The normalized spacial score (nSPS) is 10.5. The molecule has 1 N–H and O–H groups in total. The van der Waals surface area contributed by atoms with Crippen LogP contribution in [-0.2, 0) is 7.05 Å². The molecule has 0 fully saturated rings. The number of carboxylic acid groups (broad SMARTS) is 1. The summed E-state index contributed by atoms with van der Waals surface area (Å²) in [5, 5.41) is 8.93. The predicted octanol–water partition coefficient (Wildman–Crippen LogP) is 2.86. The quantitative estimate of drug-likeness (QED) is 0.883. The molecule has 2 rings (SSSR count). The summed E-state index contributed by atoms with van der Waals surface area (Å²) in [7, 11) is 1.53.